The fraction of sp³-hybridized carbons (Fsp3) is 0. The van der Waals surface area contributed by atoms with Crippen LogP contribution in [0.1, 0.15) is 0 Å². The highest BCUT2D eigenvalue weighted by Gasteiger charge is 2.16. The number of phenols is 1. The SMILES string of the molecule is O=S(=O)(c1ccc(O)cc1)c1ccc(S)cc1. The molecule has 0 saturated heterocycles. The molecule has 0 amide bonds. The van der Waals surface area contributed by atoms with E-state index in [0.717, 1.165) is 0 Å². The second kappa shape index (κ2) is 4.43. The molecular weight excluding hydrogens is 256 g/mol. The second-order valence-corrected chi connectivity index (χ2v) is 5.96. The molecule has 2 aromatic carbocycles. The Kier molecular flexibility index (Phi) is 3.13. The number of benzene rings is 2. The average Bonchev–Trinajstić information content (AvgIpc) is 2.30. The van der Waals surface area contributed by atoms with Crippen LogP contribution < -0.4 is 0 Å². The Morgan fingerprint density at radius 2 is 1.24 bits per heavy atom. The zero-order valence-corrected chi connectivity index (χ0v) is 10.4. The molecule has 5 heteroatoms. The first-order valence-corrected chi connectivity index (χ1v) is 6.76. The van der Waals surface area contributed by atoms with Crippen LogP contribution in [0.3, 0.4) is 0 Å². The van der Waals surface area contributed by atoms with Crippen LogP contribution in [0.5, 0.6) is 5.75 Å². The lowest BCUT2D eigenvalue weighted by atomic mass is 10.3. The van der Waals surface area contributed by atoms with Gasteiger partial charge in [-0.05, 0) is 48.5 Å². The van der Waals surface area contributed by atoms with Gasteiger partial charge in [0.15, 0.2) is 0 Å². The molecule has 0 aromatic heterocycles. The van der Waals surface area contributed by atoms with Crippen molar-refractivity contribution in [2.24, 2.45) is 0 Å². The molecule has 0 radical (unpaired) electrons. The van der Waals surface area contributed by atoms with Crippen LogP contribution in [-0.2, 0) is 9.84 Å². The normalized spacial score (nSPS) is 11.4. The molecule has 3 nitrogen and oxygen atoms in total. The first kappa shape index (κ1) is 12.0. The smallest absolute Gasteiger partial charge is 0.206 e. The molecule has 17 heavy (non-hydrogen) atoms. The van der Waals surface area contributed by atoms with E-state index in [4.69, 9.17) is 5.11 Å². The summed E-state index contributed by atoms with van der Waals surface area (Å²) in [5.41, 5.74) is 0. The van der Waals surface area contributed by atoms with Crippen molar-refractivity contribution in [2.75, 3.05) is 0 Å². The van der Waals surface area contributed by atoms with E-state index >= 15 is 0 Å². The monoisotopic (exact) mass is 266 g/mol. The van der Waals surface area contributed by atoms with Crippen molar-refractivity contribution in [3.8, 4) is 5.75 Å². The highest BCUT2D eigenvalue weighted by molar-refractivity contribution is 7.91. The Bertz CT molecular complexity index is 562. The van der Waals surface area contributed by atoms with Gasteiger partial charge in [0, 0.05) is 4.90 Å². The largest absolute Gasteiger partial charge is 0.508 e. The topological polar surface area (TPSA) is 54.4 Å². The zero-order valence-electron chi connectivity index (χ0n) is 8.74. The summed E-state index contributed by atoms with van der Waals surface area (Å²) in [7, 11) is -3.52. The van der Waals surface area contributed by atoms with Gasteiger partial charge in [-0.1, -0.05) is 0 Å². The first-order chi connectivity index (χ1) is 8.00. The van der Waals surface area contributed by atoms with Crippen molar-refractivity contribution in [3.05, 3.63) is 48.5 Å². The summed E-state index contributed by atoms with van der Waals surface area (Å²) in [5, 5.41) is 9.12. The van der Waals surface area contributed by atoms with Gasteiger partial charge >= 0.3 is 0 Å². The van der Waals surface area contributed by atoms with E-state index in [9.17, 15) is 8.42 Å². The van der Waals surface area contributed by atoms with Crippen LogP contribution in [0.25, 0.3) is 0 Å². The number of aromatic hydroxyl groups is 1. The standard InChI is InChI=1S/C12H10O3S2/c13-9-1-5-11(6-2-9)17(14,15)12-7-3-10(16)4-8-12/h1-8,13,16H. The highest BCUT2D eigenvalue weighted by Crippen LogP contribution is 2.23. The van der Waals surface area contributed by atoms with Gasteiger partial charge in [-0.25, -0.2) is 8.42 Å². The van der Waals surface area contributed by atoms with E-state index in [1.807, 2.05) is 0 Å². The molecule has 2 rings (SSSR count). The third kappa shape index (κ3) is 2.45. The number of hydrogen-bond donors (Lipinski definition) is 2. The molecule has 2 aromatic rings. The molecular formula is C12H10O3S2. The lowest BCUT2D eigenvalue weighted by molar-refractivity contribution is 0.475. The Balaban J connectivity index is 2.50. The molecule has 88 valence electrons. The Morgan fingerprint density at radius 1 is 0.824 bits per heavy atom. The Hall–Kier alpha value is -1.46. The Morgan fingerprint density at radius 3 is 1.71 bits per heavy atom. The van der Waals surface area contributed by atoms with Crippen molar-refractivity contribution >= 4 is 22.5 Å². The van der Waals surface area contributed by atoms with Crippen molar-refractivity contribution in [1.82, 2.24) is 0 Å². The maximum atomic E-state index is 12.1. The summed E-state index contributed by atoms with van der Waals surface area (Å²) >= 11 is 4.10. The number of thiol groups is 1. The average molecular weight is 266 g/mol. The quantitative estimate of drug-likeness (QED) is 0.821. The fourth-order valence-corrected chi connectivity index (χ4v) is 2.80. The predicted molar refractivity (Wildman–Crippen MR) is 67.3 cm³/mol. The van der Waals surface area contributed by atoms with Gasteiger partial charge in [0.1, 0.15) is 5.75 Å². The number of phenolic OH excluding ortho intramolecular Hbond substituents is 1. The maximum absolute atomic E-state index is 12.1. The van der Waals surface area contributed by atoms with Gasteiger partial charge < -0.3 is 5.11 Å². The molecule has 0 aliphatic heterocycles. The summed E-state index contributed by atoms with van der Waals surface area (Å²) in [6.45, 7) is 0. The predicted octanol–water partition coefficient (Wildman–Crippen LogP) is 2.51. The third-order valence-corrected chi connectivity index (χ3v) is 4.38. The van der Waals surface area contributed by atoms with Crippen LogP contribution in [0.2, 0.25) is 0 Å². The molecule has 0 fully saturated rings. The molecule has 0 spiro atoms. The van der Waals surface area contributed by atoms with Crippen LogP contribution in [0.4, 0.5) is 0 Å². The summed E-state index contributed by atoms with van der Waals surface area (Å²) in [4.78, 5) is 1.07. The minimum atomic E-state index is -3.52. The summed E-state index contributed by atoms with van der Waals surface area (Å²) in [6.07, 6.45) is 0. The van der Waals surface area contributed by atoms with Gasteiger partial charge in [-0.15, -0.1) is 12.6 Å². The summed E-state index contributed by atoms with van der Waals surface area (Å²) in [6, 6.07) is 11.7. The molecule has 0 saturated carbocycles. The van der Waals surface area contributed by atoms with Crippen molar-refractivity contribution in [1.29, 1.82) is 0 Å². The van der Waals surface area contributed by atoms with Crippen LogP contribution in [0.15, 0.2) is 63.2 Å². The first-order valence-electron chi connectivity index (χ1n) is 4.83. The summed E-state index contributed by atoms with van der Waals surface area (Å²) < 4.78 is 24.3. The highest BCUT2D eigenvalue weighted by atomic mass is 32.2. The maximum Gasteiger partial charge on any atom is 0.206 e. The molecule has 0 atom stereocenters. The lowest BCUT2D eigenvalue weighted by Crippen LogP contribution is -2.01. The number of sulfone groups is 1. The number of hydrogen-bond acceptors (Lipinski definition) is 4. The lowest BCUT2D eigenvalue weighted by Gasteiger charge is -2.04. The van der Waals surface area contributed by atoms with Crippen molar-refractivity contribution < 1.29 is 13.5 Å². The van der Waals surface area contributed by atoms with E-state index in [2.05, 4.69) is 12.6 Å². The molecule has 1 N–H and O–H groups in total. The van der Waals surface area contributed by atoms with Crippen molar-refractivity contribution in [3.63, 3.8) is 0 Å². The van der Waals surface area contributed by atoms with E-state index in [-0.39, 0.29) is 15.5 Å². The minimum absolute atomic E-state index is 0.0367. The zero-order chi connectivity index (χ0) is 12.5. The Labute approximate surface area is 105 Å². The van der Waals surface area contributed by atoms with Gasteiger partial charge in [-0.2, -0.15) is 0 Å². The van der Waals surface area contributed by atoms with Gasteiger partial charge in [0.25, 0.3) is 0 Å². The van der Waals surface area contributed by atoms with Crippen LogP contribution >= 0.6 is 12.6 Å². The van der Waals surface area contributed by atoms with Gasteiger partial charge in [0.05, 0.1) is 9.79 Å². The van der Waals surface area contributed by atoms with E-state index in [0.29, 0.717) is 4.90 Å². The van der Waals surface area contributed by atoms with Crippen LogP contribution in [-0.4, -0.2) is 13.5 Å². The van der Waals surface area contributed by atoms with E-state index in [1.165, 1.54) is 36.4 Å². The second-order valence-electron chi connectivity index (χ2n) is 3.49. The van der Waals surface area contributed by atoms with Gasteiger partial charge in [-0.3, -0.25) is 0 Å². The summed E-state index contributed by atoms with van der Waals surface area (Å²) in [5.74, 6) is 0.0367. The molecule has 0 aliphatic carbocycles. The minimum Gasteiger partial charge on any atom is -0.508 e. The van der Waals surface area contributed by atoms with Crippen LogP contribution in [0, 0.1) is 0 Å². The molecule has 0 aliphatic rings. The van der Waals surface area contributed by atoms with E-state index < -0.39 is 9.84 Å². The van der Waals surface area contributed by atoms with Gasteiger partial charge in [0.2, 0.25) is 9.84 Å². The third-order valence-electron chi connectivity index (χ3n) is 2.29. The molecule has 0 bridgehead atoms. The molecule has 0 unspecified atom stereocenters. The fourth-order valence-electron chi connectivity index (χ4n) is 1.39. The van der Waals surface area contributed by atoms with Crippen molar-refractivity contribution in [2.45, 2.75) is 14.7 Å². The number of rotatable bonds is 2. The molecule has 0 heterocycles. The van der Waals surface area contributed by atoms with E-state index in [1.54, 1.807) is 12.1 Å².